The highest BCUT2D eigenvalue weighted by Gasteiger charge is 2.35. The van der Waals surface area contributed by atoms with Gasteiger partial charge in [-0.1, -0.05) is 77.3 Å². The minimum atomic E-state index is -3.97. The fraction of sp³-hybridized carbons (Fsp3) is 0.333. The summed E-state index contributed by atoms with van der Waals surface area (Å²) in [6, 6.07) is 19.7. The molecule has 3 rings (SSSR count). The van der Waals surface area contributed by atoms with Crippen molar-refractivity contribution in [2.24, 2.45) is 0 Å². The summed E-state index contributed by atoms with van der Waals surface area (Å²) in [7, 11) is -2.63. The second-order valence-electron chi connectivity index (χ2n) is 10.7. The smallest absolute Gasteiger partial charge is 0.243 e. The second-order valence-corrected chi connectivity index (χ2v) is 13.6. The van der Waals surface area contributed by atoms with Crippen molar-refractivity contribution in [3.05, 3.63) is 99.5 Å². The lowest BCUT2D eigenvalue weighted by Gasteiger charge is -2.35. The van der Waals surface area contributed by atoms with E-state index in [0.717, 1.165) is 15.4 Å². The molecule has 40 heavy (non-hydrogen) atoms. The van der Waals surface area contributed by atoms with Crippen LogP contribution in [0.25, 0.3) is 0 Å². The van der Waals surface area contributed by atoms with E-state index in [2.05, 4.69) is 5.32 Å². The molecule has 0 fully saturated rings. The van der Waals surface area contributed by atoms with Crippen LogP contribution in [0.5, 0.6) is 0 Å². The molecule has 0 aliphatic heterocycles. The third-order valence-corrected chi connectivity index (χ3v) is 8.77. The molecule has 2 amide bonds. The zero-order valence-electron chi connectivity index (χ0n) is 23.3. The summed E-state index contributed by atoms with van der Waals surface area (Å²) in [4.78, 5) is 29.1. The molecule has 0 bridgehead atoms. The number of nitrogens with one attached hydrogen (secondary N) is 1. The molecule has 0 aliphatic rings. The van der Waals surface area contributed by atoms with Crippen molar-refractivity contribution >= 4 is 45.0 Å². The fourth-order valence-electron chi connectivity index (χ4n) is 4.12. The van der Waals surface area contributed by atoms with Crippen molar-refractivity contribution in [2.75, 3.05) is 13.6 Å². The number of carbonyl (C=O) groups is 2. The van der Waals surface area contributed by atoms with Crippen molar-refractivity contribution in [1.82, 2.24) is 14.5 Å². The lowest BCUT2D eigenvalue weighted by atomic mass is 10.0. The Morgan fingerprint density at radius 2 is 1.48 bits per heavy atom. The molecule has 7 nitrogen and oxygen atoms in total. The van der Waals surface area contributed by atoms with Gasteiger partial charge in [0.15, 0.2) is 0 Å². The van der Waals surface area contributed by atoms with Crippen LogP contribution in [0.4, 0.5) is 0 Å². The minimum absolute atomic E-state index is 0.0698. The number of rotatable bonds is 10. The van der Waals surface area contributed by atoms with Gasteiger partial charge in [-0.15, -0.1) is 0 Å². The normalized spacial score (nSPS) is 12.7. The minimum Gasteiger partial charge on any atom is -0.350 e. The van der Waals surface area contributed by atoms with Gasteiger partial charge in [0.2, 0.25) is 21.8 Å². The van der Waals surface area contributed by atoms with E-state index in [1.165, 1.54) is 24.1 Å². The number of benzene rings is 3. The SMILES string of the molecule is Cc1ccc(S(=O)(=O)N(C)CC(=O)N(Cc2c(Cl)cccc2Cl)[C@H](Cc2ccccc2)C(=O)NC(C)(C)C)cc1. The number of hydrogen-bond acceptors (Lipinski definition) is 4. The summed E-state index contributed by atoms with van der Waals surface area (Å²) < 4.78 is 27.6. The first-order valence-electron chi connectivity index (χ1n) is 12.8. The first-order valence-corrected chi connectivity index (χ1v) is 15.0. The van der Waals surface area contributed by atoms with Crippen LogP contribution in [-0.2, 0) is 32.6 Å². The number of amides is 2. The van der Waals surface area contributed by atoms with Crippen molar-refractivity contribution in [2.45, 2.75) is 57.1 Å². The molecule has 3 aromatic carbocycles. The molecule has 0 radical (unpaired) electrons. The van der Waals surface area contributed by atoms with E-state index in [0.29, 0.717) is 15.6 Å². The van der Waals surface area contributed by atoms with Gasteiger partial charge >= 0.3 is 0 Å². The lowest BCUT2D eigenvalue weighted by molar-refractivity contribution is -0.141. The molecular weight excluding hydrogens is 569 g/mol. The zero-order valence-corrected chi connectivity index (χ0v) is 25.6. The molecule has 1 N–H and O–H groups in total. The first kappa shape index (κ1) is 31.6. The van der Waals surface area contributed by atoms with Crippen LogP contribution in [0.15, 0.2) is 77.7 Å². The zero-order chi connectivity index (χ0) is 29.7. The molecule has 0 saturated heterocycles. The summed E-state index contributed by atoms with van der Waals surface area (Å²) in [5.74, 6) is -0.948. The quantitative estimate of drug-likeness (QED) is 0.332. The molecule has 0 heterocycles. The number of sulfonamides is 1. The van der Waals surface area contributed by atoms with Crippen molar-refractivity contribution in [3.8, 4) is 0 Å². The van der Waals surface area contributed by atoms with Gasteiger partial charge in [-0.2, -0.15) is 4.31 Å². The molecule has 10 heteroatoms. The summed E-state index contributed by atoms with van der Waals surface area (Å²) in [6.45, 7) is 6.82. The second kappa shape index (κ2) is 13.2. The summed E-state index contributed by atoms with van der Waals surface area (Å²) in [5, 5.41) is 3.64. The van der Waals surface area contributed by atoms with Gasteiger partial charge in [-0.3, -0.25) is 9.59 Å². The van der Waals surface area contributed by atoms with Crippen LogP contribution in [0.1, 0.15) is 37.5 Å². The van der Waals surface area contributed by atoms with Crippen LogP contribution in [0.3, 0.4) is 0 Å². The Morgan fingerprint density at radius 3 is 2.02 bits per heavy atom. The molecule has 0 saturated carbocycles. The number of halogens is 2. The molecular formula is C30H35Cl2N3O4S. The highest BCUT2D eigenvalue weighted by molar-refractivity contribution is 7.89. The summed E-state index contributed by atoms with van der Waals surface area (Å²) >= 11 is 12.9. The van der Waals surface area contributed by atoms with Crippen LogP contribution >= 0.6 is 23.2 Å². The molecule has 1 atom stereocenters. The largest absolute Gasteiger partial charge is 0.350 e. The van der Waals surface area contributed by atoms with E-state index in [-0.39, 0.29) is 23.8 Å². The fourth-order valence-corrected chi connectivity index (χ4v) is 5.75. The third-order valence-electron chi connectivity index (χ3n) is 6.25. The number of likely N-dealkylation sites (N-methyl/N-ethyl adjacent to an activating group) is 1. The molecule has 0 unspecified atom stereocenters. The van der Waals surface area contributed by atoms with E-state index in [9.17, 15) is 18.0 Å². The Bertz CT molecular complexity index is 1420. The number of nitrogens with zero attached hydrogens (tertiary/aromatic N) is 2. The van der Waals surface area contributed by atoms with Crippen LogP contribution in [0.2, 0.25) is 10.0 Å². The van der Waals surface area contributed by atoms with E-state index >= 15 is 0 Å². The van der Waals surface area contributed by atoms with Gasteiger partial charge < -0.3 is 10.2 Å². The monoisotopic (exact) mass is 603 g/mol. The molecule has 0 aliphatic carbocycles. The van der Waals surface area contributed by atoms with E-state index in [4.69, 9.17) is 23.2 Å². The van der Waals surface area contributed by atoms with Crippen LogP contribution < -0.4 is 5.32 Å². The van der Waals surface area contributed by atoms with Gasteiger partial charge in [0, 0.05) is 41.2 Å². The Morgan fingerprint density at radius 1 is 0.900 bits per heavy atom. The average molecular weight is 605 g/mol. The number of hydrogen-bond donors (Lipinski definition) is 1. The third kappa shape index (κ3) is 8.30. The topological polar surface area (TPSA) is 86.8 Å². The van der Waals surface area contributed by atoms with Gasteiger partial charge in [0.05, 0.1) is 11.4 Å². The average Bonchev–Trinajstić information content (AvgIpc) is 2.87. The maximum Gasteiger partial charge on any atom is 0.243 e. The Kier molecular flexibility index (Phi) is 10.4. The highest BCUT2D eigenvalue weighted by Crippen LogP contribution is 2.28. The summed E-state index contributed by atoms with van der Waals surface area (Å²) in [5.41, 5.74) is 1.63. The molecule has 0 aromatic heterocycles. The van der Waals surface area contributed by atoms with Gasteiger partial charge in [-0.25, -0.2) is 8.42 Å². The number of carbonyl (C=O) groups excluding carboxylic acids is 2. The standard InChI is InChI=1S/C30H35Cl2N3O4S/c1-21-14-16-23(17-15-21)40(38,39)34(5)20-28(36)35(19-24-25(31)12-9-13-26(24)32)27(29(37)33-30(2,3)4)18-22-10-7-6-8-11-22/h6-17,27H,18-20H2,1-5H3,(H,33,37)/t27-/m1/s1. The first-order chi connectivity index (χ1) is 18.7. The molecule has 214 valence electrons. The maximum absolute atomic E-state index is 14.0. The summed E-state index contributed by atoms with van der Waals surface area (Å²) in [6.07, 6.45) is 0.199. The van der Waals surface area contributed by atoms with Crippen LogP contribution in [-0.4, -0.2) is 54.6 Å². The van der Waals surface area contributed by atoms with Crippen molar-refractivity contribution in [3.63, 3.8) is 0 Å². The van der Waals surface area contributed by atoms with E-state index in [1.54, 1.807) is 30.3 Å². The maximum atomic E-state index is 14.0. The predicted octanol–water partition coefficient (Wildman–Crippen LogP) is 5.48. The lowest BCUT2D eigenvalue weighted by Crippen LogP contribution is -2.56. The molecule has 3 aromatic rings. The van der Waals surface area contributed by atoms with Crippen molar-refractivity contribution < 1.29 is 18.0 Å². The van der Waals surface area contributed by atoms with Gasteiger partial charge in [0.25, 0.3) is 0 Å². The van der Waals surface area contributed by atoms with Crippen molar-refractivity contribution in [1.29, 1.82) is 0 Å². The van der Waals surface area contributed by atoms with E-state index < -0.39 is 34.1 Å². The van der Waals surface area contributed by atoms with Gasteiger partial charge in [-0.05, 0) is 57.5 Å². The highest BCUT2D eigenvalue weighted by atomic mass is 35.5. The van der Waals surface area contributed by atoms with Gasteiger partial charge in [0.1, 0.15) is 6.04 Å². The predicted molar refractivity (Wildman–Crippen MR) is 160 cm³/mol. The van der Waals surface area contributed by atoms with Crippen LogP contribution in [0, 0.1) is 6.92 Å². The Balaban J connectivity index is 2.04. The Labute approximate surface area is 247 Å². The molecule has 0 spiro atoms. The number of aryl methyl sites for hydroxylation is 1. The Hall–Kier alpha value is -2.91. The van der Waals surface area contributed by atoms with E-state index in [1.807, 2.05) is 58.0 Å².